The maximum atomic E-state index is 12.4. The molecule has 0 N–H and O–H groups in total. The standard InChI is InChI=1S/C14H25NO/c1-5-12(2)11-13(16)14(15(3)4)9-7-6-8-10-14/h2,5-11H2,1,3-4H3. The van der Waals surface area contributed by atoms with Crippen molar-refractivity contribution in [2.24, 2.45) is 0 Å². The summed E-state index contributed by atoms with van der Waals surface area (Å²) in [7, 11) is 4.08. The molecule has 0 bridgehead atoms. The van der Waals surface area contributed by atoms with E-state index in [1.807, 2.05) is 14.1 Å². The van der Waals surface area contributed by atoms with Gasteiger partial charge in [-0.15, -0.1) is 0 Å². The number of hydrogen-bond acceptors (Lipinski definition) is 2. The summed E-state index contributed by atoms with van der Waals surface area (Å²) in [6, 6.07) is 0. The smallest absolute Gasteiger partial charge is 0.157 e. The fourth-order valence-electron chi connectivity index (χ4n) is 2.63. The largest absolute Gasteiger partial charge is 0.297 e. The molecule has 1 saturated carbocycles. The maximum Gasteiger partial charge on any atom is 0.157 e. The summed E-state index contributed by atoms with van der Waals surface area (Å²) in [5, 5.41) is 0. The van der Waals surface area contributed by atoms with Crippen molar-refractivity contribution in [1.82, 2.24) is 4.90 Å². The third-order valence-electron chi connectivity index (χ3n) is 3.97. The van der Waals surface area contributed by atoms with Crippen molar-refractivity contribution in [2.45, 2.75) is 57.4 Å². The number of hydrogen-bond donors (Lipinski definition) is 0. The average Bonchev–Trinajstić information content (AvgIpc) is 2.29. The summed E-state index contributed by atoms with van der Waals surface area (Å²) in [5.41, 5.74) is 0.868. The van der Waals surface area contributed by atoms with Gasteiger partial charge in [-0.25, -0.2) is 0 Å². The number of likely N-dealkylation sites (N-methyl/N-ethyl adjacent to an activating group) is 1. The van der Waals surface area contributed by atoms with E-state index in [9.17, 15) is 4.79 Å². The molecular formula is C14H25NO. The number of nitrogens with zero attached hydrogens (tertiary/aromatic N) is 1. The number of allylic oxidation sites excluding steroid dienone is 1. The Morgan fingerprint density at radius 2 is 1.81 bits per heavy atom. The highest BCUT2D eigenvalue weighted by Crippen LogP contribution is 2.34. The van der Waals surface area contributed by atoms with Crippen LogP contribution in [0.1, 0.15) is 51.9 Å². The second-order valence-electron chi connectivity index (χ2n) is 5.19. The normalized spacial score (nSPS) is 19.8. The predicted molar refractivity (Wildman–Crippen MR) is 68.6 cm³/mol. The average molecular weight is 223 g/mol. The zero-order chi connectivity index (χ0) is 12.2. The van der Waals surface area contributed by atoms with E-state index in [0.717, 1.165) is 24.8 Å². The molecule has 0 unspecified atom stereocenters. The van der Waals surface area contributed by atoms with Crippen LogP contribution < -0.4 is 0 Å². The molecule has 1 fully saturated rings. The van der Waals surface area contributed by atoms with E-state index in [2.05, 4.69) is 18.4 Å². The summed E-state index contributed by atoms with van der Waals surface area (Å²) in [6.45, 7) is 6.03. The van der Waals surface area contributed by atoms with Crippen LogP contribution in [-0.4, -0.2) is 30.3 Å². The van der Waals surface area contributed by atoms with Crippen molar-refractivity contribution in [2.75, 3.05) is 14.1 Å². The maximum absolute atomic E-state index is 12.4. The van der Waals surface area contributed by atoms with Crippen LogP contribution in [0.4, 0.5) is 0 Å². The number of Topliss-reactive ketones (excluding diaryl/α,β-unsaturated/α-hetero) is 1. The van der Waals surface area contributed by atoms with Gasteiger partial charge in [0.2, 0.25) is 0 Å². The van der Waals surface area contributed by atoms with Gasteiger partial charge in [-0.05, 0) is 33.4 Å². The third-order valence-corrected chi connectivity index (χ3v) is 3.97. The lowest BCUT2D eigenvalue weighted by Gasteiger charge is -2.41. The fraction of sp³-hybridized carbons (Fsp3) is 0.786. The Hall–Kier alpha value is -0.630. The van der Waals surface area contributed by atoms with Gasteiger partial charge in [0.25, 0.3) is 0 Å². The van der Waals surface area contributed by atoms with Gasteiger partial charge in [-0.3, -0.25) is 9.69 Å². The minimum atomic E-state index is -0.198. The third kappa shape index (κ3) is 2.73. The molecule has 0 amide bonds. The quantitative estimate of drug-likeness (QED) is 0.667. The highest BCUT2D eigenvalue weighted by atomic mass is 16.1. The molecule has 16 heavy (non-hydrogen) atoms. The molecule has 0 aromatic heterocycles. The molecule has 0 radical (unpaired) electrons. The number of ketones is 1. The van der Waals surface area contributed by atoms with Crippen molar-refractivity contribution < 1.29 is 4.79 Å². The van der Waals surface area contributed by atoms with Gasteiger partial charge in [0.15, 0.2) is 5.78 Å². The van der Waals surface area contributed by atoms with Gasteiger partial charge >= 0.3 is 0 Å². The van der Waals surface area contributed by atoms with Gasteiger partial charge < -0.3 is 0 Å². The Morgan fingerprint density at radius 1 is 1.25 bits per heavy atom. The molecule has 0 heterocycles. The zero-order valence-corrected chi connectivity index (χ0v) is 11.0. The van der Waals surface area contributed by atoms with Crippen LogP contribution in [-0.2, 0) is 4.79 Å². The van der Waals surface area contributed by atoms with Crippen LogP contribution in [0.2, 0.25) is 0 Å². The SMILES string of the molecule is C=C(CC)CC(=O)C1(N(C)C)CCCCC1. The highest BCUT2D eigenvalue weighted by molar-refractivity contribution is 5.90. The molecule has 2 nitrogen and oxygen atoms in total. The molecule has 92 valence electrons. The number of carbonyl (C=O) groups excluding carboxylic acids is 1. The molecule has 0 saturated heterocycles. The number of carbonyl (C=O) groups is 1. The fourth-order valence-corrected chi connectivity index (χ4v) is 2.63. The molecule has 1 rings (SSSR count). The van der Waals surface area contributed by atoms with Crippen LogP contribution in [0, 0.1) is 0 Å². The van der Waals surface area contributed by atoms with Gasteiger partial charge in [-0.2, -0.15) is 0 Å². The molecule has 0 aliphatic heterocycles. The summed E-state index contributed by atoms with van der Waals surface area (Å²) in [4.78, 5) is 14.6. The van der Waals surface area contributed by atoms with Crippen molar-refractivity contribution in [1.29, 1.82) is 0 Å². The molecule has 1 aliphatic carbocycles. The Kier molecular flexibility index (Phi) is 4.72. The van der Waals surface area contributed by atoms with Crippen LogP contribution in [0.25, 0.3) is 0 Å². The van der Waals surface area contributed by atoms with Crippen molar-refractivity contribution in [3.63, 3.8) is 0 Å². The van der Waals surface area contributed by atoms with Crippen LogP contribution >= 0.6 is 0 Å². The molecule has 0 aromatic carbocycles. The van der Waals surface area contributed by atoms with Gasteiger partial charge in [0.05, 0.1) is 5.54 Å². The molecule has 0 aromatic rings. The predicted octanol–water partition coefficient (Wildman–Crippen LogP) is 3.18. The van der Waals surface area contributed by atoms with Crippen molar-refractivity contribution in [3.8, 4) is 0 Å². The summed E-state index contributed by atoms with van der Waals surface area (Å²) in [6.07, 6.45) is 7.16. The Morgan fingerprint density at radius 3 is 2.25 bits per heavy atom. The van der Waals surface area contributed by atoms with Crippen molar-refractivity contribution in [3.05, 3.63) is 12.2 Å². The second kappa shape index (κ2) is 5.62. The lowest BCUT2D eigenvalue weighted by molar-refractivity contribution is -0.131. The first-order valence-corrected chi connectivity index (χ1v) is 6.40. The first-order valence-electron chi connectivity index (χ1n) is 6.40. The first-order chi connectivity index (χ1) is 7.53. The minimum absolute atomic E-state index is 0.198. The molecule has 2 heteroatoms. The highest BCUT2D eigenvalue weighted by Gasteiger charge is 2.40. The topological polar surface area (TPSA) is 20.3 Å². The first kappa shape index (κ1) is 13.4. The van der Waals surface area contributed by atoms with E-state index in [1.54, 1.807) is 0 Å². The van der Waals surface area contributed by atoms with Gasteiger partial charge in [0, 0.05) is 6.42 Å². The summed E-state index contributed by atoms with van der Waals surface area (Å²) < 4.78 is 0. The molecular weight excluding hydrogens is 198 g/mol. The summed E-state index contributed by atoms with van der Waals surface area (Å²) in [5.74, 6) is 0.379. The molecule has 1 aliphatic rings. The Bertz CT molecular complexity index is 262. The lowest BCUT2D eigenvalue weighted by atomic mass is 9.76. The number of rotatable bonds is 5. The zero-order valence-electron chi connectivity index (χ0n) is 11.0. The Balaban J connectivity index is 2.76. The van der Waals surface area contributed by atoms with Crippen molar-refractivity contribution >= 4 is 5.78 Å². The second-order valence-corrected chi connectivity index (χ2v) is 5.19. The monoisotopic (exact) mass is 223 g/mol. The summed E-state index contributed by atoms with van der Waals surface area (Å²) >= 11 is 0. The van der Waals surface area contributed by atoms with E-state index in [-0.39, 0.29) is 5.54 Å². The molecule has 0 atom stereocenters. The van der Waals surface area contributed by atoms with E-state index in [4.69, 9.17) is 0 Å². The van der Waals surface area contributed by atoms with E-state index in [0.29, 0.717) is 12.2 Å². The minimum Gasteiger partial charge on any atom is -0.297 e. The van der Waals surface area contributed by atoms with Crippen LogP contribution in [0.5, 0.6) is 0 Å². The lowest BCUT2D eigenvalue weighted by Crippen LogP contribution is -2.52. The van der Waals surface area contributed by atoms with Crippen LogP contribution in [0.15, 0.2) is 12.2 Å². The Labute approximate surface area is 99.7 Å². The van der Waals surface area contributed by atoms with E-state index >= 15 is 0 Å². The van der Waals surface area contributed by atoms with Gasteiger partial charge in [0.1, 0.15) is 0 Å². The van der Waals surface area contributed by atoms with E-state index < -0.39 is 0 Å². The van der Waals surface area contributed by atoms with E-state index in [1.165, 1.54) is 19.3 Å². The molecule has 0 spiro atoms. The van der Waals surface area contributed by atoms with Crippen LogP contribution in [0.3, 0.4) is 0 Å². The van der Waals surface area contributed by atoms with Gasteiger partial charge in [-0.1, -0.05) is 38.3 Å².